The zero-order chi connectivity index (χ0) is 17.1. The van der Waals surface area contributed by atoms with Crippen molar-refractivity contribution in [3.05, 3.63) is 58.0 Å². The van der Waals surface area contributed by atoms with Gasteiger partial charge in [-0.1, -0.05) is 31.2 Å². The van der Waals surface area contributed by atoms with Crippen molar-refractivity contribution in [2.45, 2.75) is 19.4 Å². The van der Waals surface area contributed by atoms with Gasteiger partial charge in [-0.25, -0.2) is 4.39 Å². The molecule has 3 rings (SSSR count). The number of carbonyl (C=O) groups excluding carboxylic acids is 2. The molecule has 2 atom stereocenters. The average Bonchev–Trinajstić information content (AvgIpc) is 3.22. The summed E-state index contributed by atoms with van der Waals surface area (Å²) in [6.07, 6.45) is 0.728. The van der Waals surface area contributed by atoms with Crippen LogP contribution >= 0.6 is 11.3 Å². The molecule has 0 bridgehead atoms. The minimum absolute atomic E-state index is 0.0750. The number of hydrogen-bond donors (Lipinski definition) is 1. The first-order valence-corrected chi connectivity index (χ1v) is 8.80. The van der Waals surface area contributed by atoms with Crippen LogP contribution in [0.5, 0.6) is 0 Å². The zero-order valence-corrected chi connectivity index (χ0v) is 14.2. The second-order valence-corrected chi connectivity index (χ2v) is 7.03. The molecule has 24 heavy (non-hydrogen) atoms. The molecule has 1 N–H and O–H groups in total. The lowest BCUT2D eigenvalue weighted by Gasteiger charge is -2.25. The van der Waals surface area contributed by atoms with E-state index in [2.05, 4.69) is 5.32 Å². The predicted molar refractivity (Wildman–Crippen MR) is 91.3 cm³/mol. The molecule has 6 heteroatoms. The molecule has 1 aliphatic heterocycles. The highest BCUT2D eigenvalue weighted by Gasteiger charge is 2.35. The van der Waals surface area contributed by atoms with Crippen molar-refractivity contribution in [1.82, 2.24) is 10.2 Å². The van der Waals surface area contributed by atoms with E-state index >= 15 is 0 Å². The smallest absolute Gasteiger partial charge is 0.261 e. The van der Waals surface area contributed by atoms with Crippen molar-refractivity contribution in [2.75, 3.05) is 13.1 Å². The van der Waals surface area contributed by atoms with Crippen molar-refractivity contribution < 1.29 is 14.0 Å². The lowest BCUT2D eigenvalue weighted by molar-refractivity contribution is -0.131. The van der Waals surface area contributed by atoms with E-state index < -0.39 is 0 Å². The summed E-state index contributed by atoms with van der Waals surface area (Å²) in [5.74, 6) is -0.436. The molecule has 0 spiro atoms. The summed E-state index contributed by atoms with van der Waals surface area (Å²) in [4.78, 5) is 26.8. The van der Waals surface area contributed by atoms with Crippen LogP contribution in [-0.4, -0.2) is 29.8 Å². The Morgan fingerprint density at radius 3 is 2.79 bits per heavy atom. The molecule has 2 aromatic rings. The highest BCUT2D eigenvalue weighted by atomic mass is 32.1. The molecular formula is C18H19FN2O2S. The fourth-order valence-corrected chi connectivity index (χ4v) is 3.75. The van der Waals surface area contributed by atoms with Gasteiger partial charge in [0.2, 0.25) is 5.91 Å². The summed E-state index contributed by atoms with van der Waals surface area (Å²) in [6, 6.07) is 9.80. The third-order valence-corrected chi connectivity index (χ3v) is 5.11. The molecule has 126 valence electrons. The van der Waals surface area contributed by atoms with Gasteiger partial charge in [-0.05, 0) is 29.9 Å². The number of halogens is 1. The molecule has 0 radical (unpaired) electrons. The molecule has 1 aromatic carbocycles. The summed E-state index contributed by atoms with van der Waals surface area (Å²) in [5, 5.41) is 4.46. The number of thiophene rings is 1. The second kappa shape index (κ2) is 7.13. The third kappa shape index (κ3) is 3.48. The number of nitrogens with one attached hydrogen (secondary N) is 1. The number of hydrogen-bond acceptors (Lipinski definition) is 3. The van der Waals surface area contributed by atoms with Crippen molar-refractivity contribution in [3.63, 3.8) is 0 Å². The second-order valence-electron chi connectivity index (χ2n) is 6.08. The molecule has 1 fully saturated rings. The highest BCUT2D eigenvalue weighted by molar-refractivity contribution is 7.12. The average molecular weight is 346 g/mol. The summed E-state index contributed by atoms with van der Waals surface area (Å²) in [6.45, 7) is 2.55. The minimum Gasteiger partial charge on any atom is -0.342 e. The molecule has 1 aromatic heterocycles. The summed E-state index contributed by atoms with van der Waals surface area (Å²) in [7, 11) is 0. The predicted octanol–water partition coefficient (Wildman–Crippen LogP) is 3.23. The first-order valence-electron chi connectivity index (χ1n) is 7.92. The van der Waals surface area contributed by atoms with E-state index in [0.717, 1.165) is 6.42 Å². The normalized spacial score (nSPS) is 20.2. The molecule has 1 aliphatic rings. The monoisotopic (exact) mass is 346 g/mol. The number of carbonyl (C=O) groups is 2. The van der Waals surface area contributed by atoms with Crippen LogP contribution in [0.1, 0.15) is 34.6 Å². The van der Waals surface area contributed by atoms with Crippen LogP contribution in [0.15, 0.2) is 41.8 Å². The number of benzene rings is 1. The zero-order valence-electron chi connectivity index (χ0n) is 13.4. The van der Waals surface area contributed by atoms with Crippen molar-refractivity contribution >= 4 is 23.2 Å². The molecule has 0 unspecified atom stereocenters. The van der Waals surface area contributed by atoms with Gasteiger partial charge in [-0.2, -0.15) is 0 Å². The quantitative estimate of drug-likeness (QED) is 0.924. The highest BCUT2D eigenvalue weighted by Crippen LogP contribution is 2.36. The molecule has 2 heterocycles. The van der Waals surface area contributed by atoms with Gasteiger partial charge in [0.25, 0.3) is 5.91 Å². The van der Waals surface area contributed by atoms with E-state index in [9.17, 15) is 14.0 Å². The van der Waals surface area contributed by atoms with Gasteiger partial charge >= 0.3 is 0 Å². The van der Waals surface area contributed by atoms with Crippen LogP contribution in [0.25, 0.3) is 0 Å². The maximum atomic E-state index is 14.1. The minimum atomic E-state index is -0.294. The Bertz CT molecular complexity index is 732. The lowest BCUT2D eigenvalue weighted by atomic mass is 10.0. The molecule has 0 aliphatic carbocycles. The Hall–Kier alpha value is -2.21. The Morgan fingerprint density at radius 2 is 2.08 bits per heavy atom. The molecular weight excluding hydrogens is 327 g/mol. The number of nitrogens with zero attached hydrogens (tertiary/aromatic N) is 1. The van der Waals surface area contributed by atoms with Crippen molar-refractivity contribution in [3.8, 4) is 0 Å². The molecule has 2 amide bonds. The fourth-order valence-electron chi connectivity index (χ4n) is 3.11. The summed E-state index contributed by atoms with van der Waals surface area (Å²) >= 11 is 1.33. The number of likely N-dealkylation sites (tertiary alicyclic amines) is 1. The summed E-state index contributed by atoms with van der Waals surface area (Å²) in [5.41, 5.74) is 0.541. The maximum Gasteiger partial charge on any atom is 0.261 e. The van der Waals surface area contributed by atoms with Crippen molar-refractivity contribution in [1.29, 1.82) is 0 Å². The number of amides is 2. The lowest BCUT2D eigenvalue weighted by Crippen LogP contribution is -2.40. The fraction of sp³-hybridized carbons (Fsp3) is 0.333. The Balaban J connectivity index is 1.68. The molecule has 4 nitrogen and oxygen atoms in total. The van der Waals surface area contributed by atoms with Crippen LogP contribution in [0.2, 0.25) is 0 Å². The van der Waals surface area contributed by atoms with Gasteiger partial charge < -0.3 is 10.2 Å². The van der Waals surface area contributed by atoms with E-state index in [-0.39, 0.29) is 30.2 Å². The van der Waals surface area contributed by atoms with Gasteiger partial charge in [0.15, 0.2) is 0 Å². The van der Waals surface area contributed by atoms with Gasteiger partial charge in [0, 0.05) is 12.1 Å². The van der Waals surface area contributed by atoms with E-state index in [1.165, 1.54) is 17.4 Å². The van der Waals surface area contributed by atoms with E-state index in [4.69, 9.17) is 0 Å². The Labute approximate surface area is 144 Å². The molecule has 0 saturated carbocycles. The van der Waals surface area contributed by atoms with E-state index in [1.807, 2.05) is 12.3 Å². The molecule has 1 saturated heterocycles. The SMILES string of the molecule is C[C@@H]1C[C@@H](c2ccccc2F)N(C(=O)CNC(=O)c2cccs2)C1. The first kappa shape index (κ1) is 16.6. The Morgan fingerprint density at radius 1 is 1.29 bits per heavy atom. The topological polar surface area (TPSA) is 49.4 Å². The van der Waals surface area contributed by atoms with Gasteiger partial charge in [-0.3, -0.25) is 9.59 Å². The van der Waals surface area contributed by atoms with Crippen LogP contribution in [-0.2, 0) is 4.79 Å². The van der Waals surface area contributed by atoms with Crippen LogP contribution < -0.4 is 5.32 Å². The maximum absolute atomic E-state index is 14.1. The van der Waals surface area contributed by atoms with Crippen LogP contribution in [0, 0.1) is 11.7 Å². The van der Waals surface area contributed by atoms with E-state index in [1.54, 1.807) is 35.2 Å². The first-order chi connectivity index (χ1) is 11.6. The summed E-state index contributed by atoms with van der Waals surface area (Å²) < 4.78 is 14.1. The number of rotatable bonds is 4. The standard InChI is InChI=1S/C18H19FN2O2S/c1-12-9-15(13-5-2-3-6-14(13)19)21(11-12)17(22)10-20-18(23)16-7-4-8-24-16/h2-8,12,15H,9-11H2,1H3,(H,20,23)/t12-,15+/m1/s1. The van der Waals surface area contributed by atoms with Crippen LogP contribution in [0.4, 0.5) is 4.39 Å². The van der Waals surface area contributed by atoms with E-state index in [0.29, 0.717) is 22.9 Å². The van der Waals surface area contributed by atoms with Gasteiger partial charge in [0.1, 0.15) is 5.82 Å². The third-order valence-electron chi connectivity index (χ3n) is 4.24. The van der Waals surface area contributed by atoms with Crippen LogP contribution in [0.3, 0.4) is 0 Å². The Kier molecular flexibility index (Phi) is 4.94. The van der Waals surface area contributed by atoms with Gasteiger partial charge in [0.05, 0.1) is 17.5 Å². The van der Waals surface area contributed by atoms with Gasteiger partial charge in [-0.15, -0.1) is 11.3 Å². The largest absolute Gasteiger partial charge is 0.342 e. The van der Waals surface area contributed by atoms with Crippen molar-refractivity contribution in [2.24, 2.45) is 5.92 Å².